The molecule has 5 nitrogen and oxygen atoms in total. The summed E-state index contributed by atoms with van der Waals surface area (Å²) in [6.07, 6.45) is 0.768. The average molecular weight is 323 g/mol. The highest BCUT2D eigenvalue weighted by Gasteiger charge is 2.14. The molecular formula is C14H15ClN4OS. The van der Waals surface area contributed by atoms with Crippen molar-refractivity contribution < 1.29 is 4.79 Å². The van der Waals surface area contributed by atoms with Crippen molar-refractivity contribution in [3.8, 4) is 0 Å². The van der Waals surface area contributed by atoms with Crippen molar-refractivity contribution in [3.05, 3.63) is 46.2 Å². The molecule has 1 aromatic carbocycles. The number of hydrogen-bond acceptors (Lipinski definition) is 3. The molecule has 3 N–H and O–H groups in total. The molecule has 21 heavy (non-hydrogen) atoms. The Hall–Kier alpha value is -1.92. The third kappa shape index (κ3) is 3.40. The first-order valence-corrected chi connectivity index (χ1v) is 7.14. The van der Waals surface area contributed by atoms with Crippen LogP contribution in [-0.2, 0) is 13.5 Å². The summed E-state index contributed by atoms with van der Waals surface area (Å²) < 4.78 is 1.55. The topological polar surface area (TPSA) is 72.9 Å². The number of benzene rings is 1. The Labute approximate surface area is 133 Å². The van der Waals surface area contributed by atoms with Crippen LogP contribution in [0.4, 0.5) is 5.69 Å². The molecule has 0 bridgehead atoms. The summed E-state index contributed by atoms with van der Waals surface area (Å²) >= 11 is 11.0. The lowest BCUT2D eigenvalue weighted by Crippen LogP contribution is -2.16. The first-order chi connectivity index (χ1) is 9.92. The van der Waals surface area contributed by atoms with Crippen molar-refractivity contribution in [2.45, 2.75) is 13.3 Å². The third-order valence-electron chi connectivity index (χ3n) is 3.03. The molecule has 2 aromatic rings. The number of amides is 1. The maximum absolute atomic E-state index is 12.3. The second-order valence-electron chi connectivity index (χ2n) is 4.51. The number of hydrogen-bond donors (Lipinski definition) is 2. The lowest BCUT2D eigenvalue weighted by molar-refractivity contribution is 0.101. The predicted octanol–water partition coefficient (Wildman–Crippen LogP) is 2.52. The summed E-state index contributed by atoms with van der Waals surface area (Å²) in [5, 5.41) is 7.38. The Bertz CT molecular complexity index is 711. The molecule has 1 aromatic heterocycles. The molecule has 0 aliphatic heterocycles. The maximum atomic E-state index is 12.3. The molecule has 7 heteroatoms. The van der Waals surface area contributed by atoms with E-state index in [-0.39, 0.29) is 10.9 Å². The molecule has 2 rings (SSSR count). The molecule has 0 radical (unpaired) electrons. The van der Waals surface area contributed by atoms with Gasteiger partial charge in [-0.2, -0.15) is 5.10 Å². The van der Waals surface area contributed by atoms with Gasteiger partial charge in [-0.1, -0.05) is 30.7 Å². The van der Waals surface area contributed by atoms with Gasteiger partial charge in [0.05, 0.1) is 16.4 Å². The molecule has 0 atom stereocenters. The van der Waals surface area contributed by atoms with Crippen molar-refractivity contribution >= 4 is 40.4 Å². The fourth-order valence-corrected chi connectivity index (χ4v) is 2.22. The normalized spacial score (nSPS) is 10.4. The molecule has 1 amide bonds. The van der Waals surface area contributed by atoms with E-state index in [1.807, 2.05) is 6.92 Å². The minimum absolute atomic E-state index is 0.258. The Kier molecular flexibility index (Phi) is 4.59. The van der Waals surface area contributed by atoms with Crippen molar-refractivity contribution in [2.75, 3.05) is 5.32 Å². The summed E-state index contributed by atoms with van der Waals surface area (Å²) in [6, 6.07) is 6.77. The second-order valence-corrected chi connectivity index (χ2v) is 5.36. The van der Waals surface area contributed by atoms with Crippen LogP contribution < -0.4 is 11.1 Å². The van der Waals surface area contributed by atoms with Gasteiger partial charge < -0.3 is 11.1 Å². The van der Waals surface area contributed by atoms with Crippen molar-refractivity contribution in [3.63, 3.8) is 0 Å². The van der Waals surface area contributed by atoms with E-state index < -0.39 is 0 Å². The molecule has 0 aliphatic rings. The van der Waals surface area contributed by atoms with Crippen molar-refractivity contribution in [1.82, 2.24) is 9.78 Å². The average Bonchev–Trinajstić information content (AvgIpc) is 2.82. The smallest absolute Gasteiger partial charge is 0.273 e. The van der Waals surface area contributed by atoms with E-state index in [0.717, 1.165) is 12.1 Å². The van der Waals surface area contributed by atoms with Crippen molar-refractivity contribution in [2.24, 2.45) is 12.8 Å². The zero-order valence-electron chi connectivity index (χ0n) is 11.7. The molecule has 0 unspecified atom stereocenters. The van der Waals surface area contributed by atoms with Crippen LogP contribution in [0.1, 0.15) is 28.7 Å². The number of nitrogens with two attached hydrogens (primary N) is 1. The molecule has 0 saturated heterocycles. The third-order valence-corrected chi connectivity index (χ3v) is 3.58. The number of nitrogens with one attached hydrogen (secondary N) is 1. The zero-order chi connectivity index (χ0) is 15.6. The number of rotatable bonds is 4. The van der Waals surface area contributed by atoms with E-state index in [4.69, 9.17) is 29.6 Å². The van der Waals surface area contributed by atoms with Crippen LogP contribution >= 0.6 is 23.8 Å². The highest BCUT2D eigenvalue weighted by atomic mass is 35.5. The van der Waals surface area contributed by atoms with Gasteiger partial charge in [-0.05, 0) is 30.7 Å². The van der Waals surface area contributed by atoms with E-state index in [9.17, 15) is 4.79 Å². The van der Waals surface area contributed by atoms with Crippen LogP contribution in [0.15, 0.2) is 24.3 Å². The molecule has 0 saturated carbocycles. The van der Waals surface area contributed by atoms with Crippen LogP contribution in [0.5, 0.6) is 0 Å². The lowest BCUT2D eigenvalue weighted by atomic mass is 10.2. The van der Waals surface area contributed by atoms with Gasteiger partial charge in [-0.25, -0.2) is 0 Å². The number of carbonyl (C=O) groups excluding carboxylic acids is 1. The number of anilines is 1. The monoisotopic (exact) mass is 322 g/mol. The van der Waals surface area contributed by atoms with Crippen molar-refractivity contribution in [1.29, 1.82) is 0 Å². The van der Waals surface area contributed by atoms with E-state index in [1.54, 1.807) is 36.0 Å². The molecule has 0 fully saturated rings. The van der Waals surface area contributed by atoms with E-state index in [1.165, 1.54) is 0 Å². The minimum atomic E-state index is -0.269. The molecule has 0 spiro atoms. The van der Waals surface area contributed by atoms with E-state index in [2.05, 4.69) is 10.4 Å². The highest BCUT2D eigenvalue weighted by molar-refractivity contribution is 7.80. The van der Waals surface area contributed by atoms with Gasteiger partial charge in [0.25, 0.3) is 5.91 Å². The molecule has 110 valence electrons. The fourth-order valence-electron chi connectivity index (χ4n) is 1.87. The van der Waals surface area contributed by atoms with E-state index in [0.29, 0.717) is 22.0 Å². The number of aryl methyl sites for hydroxylation is 2. The van der Waals surface area contributed by atoms with Gasteiger partial charge in [0.15, 0.2) is 0 Å². The fraction of sp³-hybridized carbons (Fsp3) is 0.214. The summed E-state index contributed by atoms with van der Waals surface area (Å²) in [5.41, 5.74) is 8.02. The highest BCUT2D eigenvalue weighted by Crippen LogP contribution is 2.23. The summed E-state index contributed by atoms with van der Waals surface area (Å²) in [4.78, 5) is 12.5. The van der Waals surface area contributed by atoms with Crippen LogP contribution in [0.25, 0.3) is 0 Å². The molecule has 1 heterocycles. The number of nitrogens with zero attached hydrogens (tertiary/aromatic N) is 2. The zero-order valence-corrected chi connectivity index (χ0v) is 13.3. The van der Waals surface area contributed by atoms with Gasteiger partial charge in [0.1, 0.15) is 10.7 Å². The first kappa shape index (κ1) is 15.5. The Morgan fingerprint density at radius 2 is 2.19 bits per heavy atom. The predicted molar refractivity (Wildman–Crippen MR) is 87.9 cm³/mol. The maximum Gasteiger partial charge on any atom is 0.273 e. The van der Waals surface area contributed by atoms with Gasteiger partial charge >= 0.3 is 0 Å². The molecule has 0 aliphatic carbocycles. The Balaban J connectivity index is 2.23. The van der Waals surface area contributed by atoms with Gasteiger partial charge in [0, 0.05) is 12.6 Å². The number of thiocarbonyl (C=S) groups is 1. The largest absolute Gasteiger partial charge is 0.389 e. The van der Waals surface area contributed by atoms with Crippen LogP contribution in [0.3, 0.4) is 0 Å². The first-order valence-electron chi connectivity index (χ1n) is 6.36. The quantitative estimate of drug-likeness (QED) is 0.848. The number of carbonyl (C=O) groups is 1. The van der Waals surface area contributed by atoms with Gasteiger partial charge in [0.2, 0.25) is 0 Å². The summed E-state index contributed by atoms with van der Waals surface area (Å²) in [5.74, 6) is -0.269. The van der Waals surface area contributed by atoms with Crippen LogP contribution in [-0.4, -0.2) is 20.7 Å². The minimum Gasteiger partial charge on any atom is -0.389 e. The van der Waals surface area contributed by atoms with Crippen LogP contribution in [0.2, 0.25) is 5.02 Å². The second kappa shape index (κ2) is 6.24. The van der Waals surface area contributed by atoms with Gasteiger partial charge in [-0.3, -0.25) is 9.48 Å². The summed E-state index contributed by atoms with van der Waals surface area (Å²) in [6.45, 7) is 1.98. The standard InChI is InChI=1S/C14H15ClN4OS/c1-3-9-7-12(19(2)18-9)14(20)17-11-5-4-8(13(16)21)6-10(11)15/h4-7H,3H2,1-2H3,(H2,16,21)(H,17,20). The molecular weight excluding hydrogens is 308 g/mol. The number of aromatic nitrogens is 2. The Morgan fingerprint density at radius 3 is 2.71 bits per heavy atom. The van der Waals surface area contributed by atoms with Gasteiger partial charge in [-0.15, -0.1) is 0 Å². The number of halogens is 1. The lowest BCUT2D eigenvalue weighted by Gasteiger charge is -2.08. The Morgan fingerprint density at radius 1 is 1.48 bits per heavy atom. The SMILES string of the molecule is CCc1cc(C(=O)Nc2ccc(C(N)=S)cc2Cl)n(C)n1. The van der Waals surface area contributed by atoms with E-state index >= 15 is 0 Å². The summed E-state index contributed by atoms with van der Waals surface area (Å²) in [7, 11) is 1.73. The van der Waals surface area contributed by atoms with Crippen LogP contribution in [0, 0.1) is 0 Å².